The minimum absolute atomic E-state index is 0.528. The van der Waals surface area contributed by atoms with Crippen molar-refractivity contribution in [3.8, 4) is 0 Å². The maximum atomic E-state index is 10.1. The van der Waals surface area contributed by atoms with Crippen LogP contribution in [0.5, 0.6) is 0 Å². The number of pyridine rings is 1. The second-order valence-corrected chi connectivity index (χ2v) is 5.20. The number of hydrogen-bond donors (Lipinski definition) is 2. The van der Waals surface area contributed by atoms with Crippen molar-refractivity contribution < 1.29 is 5.11 Å². The average Bonchev–Trinajstić information content (AvgIpc) is 2.27. The molecule has 0 aromatic carbocycles. The van der Waals surface area contributed by atoms with Crippen molar-refractivity contribution in [3.63, 3.8) is 0 Å². The van der Waals surface area contributed by atoms with Crippen molar-refractivity contribution in [2.45, 2.75) is 38.8 Å². The lowest BCUT2D eigenvalue weighted by molar-refractivity contribution is 0.0447. The minimum atomic E-state index is -0.605. The van der Waals surface area contributed by atoms with E-state index in [4.69, 9.17) is 5.73 Å². The van der Waals surface area contributed by atoms with Crippen LogP contribution in [0.25, 0.3) is 0 Å². The van der Waals surface area contributed by atoms with Crippen LogP contribution in [0, 0.1) is 6.92 Å². The number of hydrogen-bond acceptors (Lipinski definition) is 4. The van der Waals surface area contributed by atoms with Crippen LogP contribution >= 0.6 is 0 Å². The van der Waals surface area contributed by atoms with Crippen LogP contribution in [0.1, 0.15) is 31.0 Å². The first-order valence-electron chi connectivity index (χ1n) is 6.15. The van der Waals surface area contributed by atoms with Gasteiger partial charge >= 0.3 is 0 Å². The molecule has 1 aromatic heterocycles. The highest BCUT2D eigenvalue weighted by Crippen LogP contribution is 2.25. The van der Waals surface area contributed by atoms with Crippen molar-refractivity contribution in [1.82, 2.24) is 4.98 Å². The highest BCUT2D eigenvalue weighted by atomic mass is 16.3. The Labute approximate surface area is 102 Å². The van der Waals surface area contributed by atoms with Crippen LogP contribution in [-0.4, -0.2) is 28.8 Å². The molecule has 3 N–H and O–H groups in total. The van der Waals surface area contributed by atoms with Crippen LogP contribution in [0.3, 0.4) is 0 Å². The topological polar surface area (TPSA) is 62.4 Å². The van der Waals surface area contributed by atoms with Crippen LogP contribution in [0.4, 0.5) is 5.82 Å². The average molecular weight is 235 g/mol. The normalized spacial score (nSPS) is 25.1. The number of aliphatic hydroxyl groups is 1. The summed E-state index contributed by atoms with van der Waals surface area (Å²) in [5.74, 6) is 0.936. The zero-order valence-corrected chi connectivity index (χ0v) is 10.6. The first-order chi connectivity index (χ1) is 8.00. The molecule has 0 saturated carbocycles. The van der Waals surface area contributed by atoms with Gasteiger partial charge in [0.1, 0.15) is 5.82 Å². The molecule has 2 rings (SSSR count). The molecular formula is C13H21N3O. The summed E-state index contributed by atoms with van der Waals surface area (Å²) in [5, 5.41) is 10.1. The molecule has 4 heteroatoms. The van der Waals surface area contributed by atoms with Gasteiger partial charge in [-0.3, -0.25) is 0 Å². The Morgan fingerprint density at radius 1 is 1.53 bits per heavy atom. The molecule has 1 unspecified atom stereocenters. The first-order valence-corrected chi connectivity index (χ1v) is 6.15. The van der Waals surface area contributed by atoms with Crippen LogP contribution in [0.2, 0.25) is 0 Å². The lowest BCUT2D eigenvalue weighted by Gasteiger charge is -2.37. The van der Waals surface area contributed by atoms with Gasteiger partial charge in [-0.1, -0.05) is 0 Å². The Bertz CT molecular complexity index is 404. The second-order valence-electron chi connectivity index (χ2n) is 5.20. The maximum Gasteiger partial charge on any atom is 0.129 e. The number of piperidine rings is 1. The van der Waals surface area contributed by atoms with Gasteiger partial charge in [-0.15, -0.1) is 0 Å². The molecule has 1 aromatic rings. The van der Waals surface area contributed by atoms with Gasteiger partial charge in [0.2, 0.25) is 0 Å². The van der Waals surface area contributed by atoms with E-state index in [9.17, 15) is 5.11 Å². The van der Waals surface area contributed by atoms with Crippen molar-refractivity contribution >= 4 is 5.82 Å². The number of β-amino-alcohol motifs (C(OH)–C–C–N with tert-alkyl or cyclic N) is 1. The molecule has 94 valence electrons. The van der Waals surface area contributed by atoms with Gasteiger partial charge in [0.05, 0.1) is 5.60 Å². The molecule has 0 radical (unpaired) electrons. The summed E-state index contributed by atoms with van der Waals surface area (Å²) in [6, 6.07) is 4.03. The van der Waals surface area contributed by atoms with Crippen molar-refractivity contribution in [3.05, 3.63) is 23.4 Å². The number of aromatic nitrogens is 1. The number of rotatable bonds is 2. The van der Waals surface area contributed by atoms with Crippen molar-refractivity contribution in [2.24, 2.45) is 5.73 Å². The molecule has 1 aliphatic rings. The predicted molar refractivity (Wildman–Crippen MR) is 68.9 cm³/mol. The van der Waals surface area contributed by atoms with Gasteiger partial charge in [-0.2, -0.15) is 0 Å². The zero-order valence-electron chi connectivity index (χ0n) is 10.6. The highest BCUT2D eigenvalue weighted by Gasteiger charge is 2.29. The maximum absolute atomic E-state index is 10.1. The molecule has 1 atom stereocenters. The fourth-order valence-corrected chi connectivity index (χ4v) is 2.42. The summed E-state index contributed by atoms with van der Waals surface area (Å²) < 4.78 is 0. The Balaban J connectivity index is 2.24. The molecular weight excluding hydrogens is 214 g/mol. The van der Waals surface area contributed by atoms with Crippen LogP contribution in [0.15, 0.2) is 12.1 Å². The molecule has 2 heterocycles. The van der Waals surface area contributed by atoms with Crippen molar-refractivity contribution in [2.75, 3.05) is 18.0 Å². The van der Waals surface area contributed by atoms with E-state index in [0.29, 0.717) is 13.1 Å². The number of nitrogens with two attached hydrogens (primary N) is 1. The lowest BCUT2D eigenvalue weighted by atomic mass is 9.95. The van der Waals surface area contributed by atoms with E-state index in [0.717, 1.165) is 36.5 Å². The smallest absolute Gasteiger partial charge is 0.129 e. The Morgan fingerprint density at radius 2 is 2.29 bits per heavy atom. The number of nitrogens with zero attached hydrogens (tertiary/aromatic N) is 2. The Kier molecular flexibility index (Phi) is 3.35. The summed E-state index contributed by atoms with van der Waals surface area (Å²) in [6.45, 7) is 5.99. The van der Waals surface area contributed by atoms with E-state index < -0.39 is 5.60 Å². The monoisotopic (exact) mass is 235 g/mol. The quantitative estimate of drug-likeness (QED) is 0.808. The van der Waals surface area contributed by atoms with E-state index in [2.05, 4.69) is 9.88 Å². The Morgan fingerprint density at radius 3 is 2.94 bits per heavy atom. The molecule has 4 nitrogen and oxygen atoms in total. The number of aryl methyl sites for hydroxylation is 1. The Hall–Kier alpha value is -1.13. The van der Waals surface area contributed by atoms with Gasteiger partial charge in [0.25, 0.3) is 0 Å². The fourth-order valence-electron chi connectivity index (χ4n) is 2.42. The van der Waals surface area contributed by atoms with Crippen LogP contribution < -0.4 is 10.6 Å². The second kappa shape index (κ2) is 4.63. The molecule has 0 spiro atoms. The van der Waals surface area contributed by atoms with E-state index in [1.165, 1.54) is 0 Å². The first kappa shape index (κ1) is 12.3. The molecule has 1 aliphatic heterocycles. The van der Waals surface area contributed by atoms with Gasteiger partial charge in [0, 0.05) is 25.3 Å². The van der Waals surface area contributed by atoms with E-state index in [-0.39, 0.29) is 0 Å². The molecule has 0 bridgehead atoms. The molecule has 17 heavy (non-hydrogen) atoms. The molecule has 1 fully saturated rings. The summed E-state index contributed by atoms with van der Waals surface area (Å²) >= 11 is 0. The summed E-state index contributed by atoms with van der Waals surface area (Å²) in [5.41, 5.74) is 7.15. The van der Waals surface area contributed by atoms with Crippen LogP contribution in [-0.2, 0) is 6.54 Å². The predicted octanol–water partition coefficient (Wildman–Crippen LogP) is 1.20. The van der Waals surface area contributed by atoms with E-state index >= 15 is 0 Å². The van der Waals surface area contributed by atoms with Gasteiger partial charge in [-0.05, 0) is 44.4 Å². The SMILES string of the molecule is Cc1cc(CN)cc(N2CCCC(C)(O)C2)n1. The van der Waals surface area contributed by atoms with E-state index in [1.54, 1.807) is 0 Å². The fraction of sp³-hybridized carbons (Fsp3) is 0.615. The largest absolute Gasteiger partial charge is 0.388 e. The molecule has 0 aliphatic carbocycles. The third-order valence-electron chi connectivity index (χ3n) is 3.23. The summed E-state index contributed by atoms with van der Waals surface area (Å²) in [6.07, 6.45) is 1.86. The van der Waals surface area contributed by atoms with Gasteiger partial charge in [0.15, 0.2) is 0 Å². The molecule has 0 amide bonds. The van der Waals surface area contributed by atoms with Crippen molar-refractivity contribution in [1.29, 1.82) is 0 Å². The highest BCUT2D eigenvalue weighted by molar-refractivity contribution is 5.43. The third kappa shape index (κ3) is 2.96. The summed E-state index contributed by atoms with van der Waals surface area (Å²) in [4.78, 5) is 6.68. The standard InChI is InChI=1S/C13H21N3O/c1-10-6-11(8-14)7-12(15-10)16-5-3-4-13(2,17)9-16/h6-7,17H,3-5,8-9,14H2,1-2H3. The lowest BCUT2D eigenvalue weighted by Crippen LogP contribution is -2.46. The summed E-state index contributed by atoms with van der Waals surface area (Å²) in [7, 11) is 0. The van der Waals surface area contributed by atoms with Gasteiger partial charge in [-0.25, -0.2) is 4.98 Å². The third-order valence-corrected chi connectivity index (χ3v) is 3.23. The minimum Gasteiger partial charge on any atom is -0.388 e. The van der Waals surface area contributed by atoms with Gasteiger partial charge < -0.3 is 15.7 Å². The van der Waals surface area contributed by atoms with E-state index in [1.807, 2.05) is 26.0 Å². The molecule has 1 saturated heterocycles. The zero-order chi connectivity index (χ0) is 12.5. The number of anilines is 1.